The van der Waals surface area contributed by atoms with E-state index < -0.39 is 5.76 Å². The molecule has 122 valence electrons. The van der Waals surface area contributed by atoms with Crippen molar-refractivity contribution in [3.63, 3.8) is 0 Å². The van der Waals surface area contributed by atoms with E-state index in [1.165, 1.54) is 30.5 Å². The number of nitrogens with zero attached hydrogens (tertiary/aromatic N) is 2. The summed E-state index contributed by atoms with van der Waals surface area (Å²) in [5.41, 5.74) is 1.42. The van der Waals surface area contributed by atoms with Crippen LogP contribution in [-0.4, -0.2) is 15.5 Å². The zero-order chi connectivity index (χ0) is 16.9. The third-order valence-electron chi connectivity index (χ3n) is 3.36. The summed E-state index contributed by atoms with van der Waals surface area (Å²) in [5.74, 6) is -1.08. The van der Waals surface area contributed by atoms with E-state index in [0.29, 0.717) is 12.1 Å². The molecule has 0 saturated heterocycles. The molecule has 0 spiro atoms. The lowest BCUT2D eigenvalue weighted by atomic mass is 10.2. The van der Waals surface area contributed by atoms with E-state index in [2.05, 4.69) is 10.3 Å². The zero-order valence-electron chi connectivity index (χ0n) is 12.6. The Labute approximate surface area is 136 Å². The van der Waals surface area contributed by atoms with Gasteiger partial charge >= 0.3 is 5.76 Å². The van der Waals surface area contributed by atoms with Crippen LogP contribution in [0.1, 0.15) is 5.56 Å². The molecular formula is C17H14FN3O3. The van der Waals surface area contributed by atoms with Crippen molar-refractivity contribution in [2.75, 3.05) is 0 Å². The molecule has 0 unspecified atom stereocenters. The van der Waals surface area contributed by atoms with Crippen LogP contribution in [0.15, 0.2) is 64.2 Å². The Morgan fingerprint density at radius 1 is 1.25 bits per heavy atom. The highest BCUT2D eigenvalue weighted by atomic mass is 19.1. The van der Waals surface area contributed by atoms with Crippen LogP contribution in [0.3, 0.4) is 0 Å². The second-order valence-corrected chi connectivity index (χ2v) is 5.13. The topological polar surface area (TPSA) is 77.1 Å². The second kappa shape index (κ2) is 6.91. The minimum absolute atomic E-state index is 0.163. The van der Waals surface area contributed by atoms with Crippen LogP contribution in [-0.2, 0) is 17.9 Å². The lowest BCUT2D eigenvalue weighted by molar-refractivity contribution is -0.121. The summed E-state index contributed by atoms with van der Waals surface area (Å²) in [4.78, 5) is 27.7. The normalized spacial score (nSPS) is 10.5. The number of rotatable bonds is 5. The Bertz CT molecular complexity index is 885. The van der Waals surface area contributed by atoms with Gasteiger partial charge in [-0.05, 0) is 35.9 Å². The van der Waals surface area contributed by atoms with Gasteiger partial charge in [0.15, 0.2) is 5.76 Å². The van der Waals surface area contributed by atoms with Crippen molar-refractivity contribution < 1.29 is 13.6 Å². The molecule has 2 heterocycles. The minimum Gasteiger partial charge on any atom is -0.408 e. The van der Waals surface area contributed by atoms with Gasteiger partial charge in [-0.15, -0.1) is 0 Å². The smallest absolute Gasteiger partial charge is 0.408 e. The van der Waals surface area contributed by atoms with E-state index in [0.717, 1.165) is 10.1 Å². The van der Waals surface area contributed by atoms with Crippen molar-refractivity contribution in [2.45, 2.75) is 13.1 Å². The van der Waals surface area contributed by atoms with E-state index in [4.69, 9.17) is 4.42 Å². The quantitative estimate of drug-likeness (QED) is 0.777. The summed E-state index contributed by atoms with van der Waals surface area (Å²) >= 11 is 0. The fourth-order valence-electron chi connectivity index (χ4n) is 2.15. The van der Waals surface area contributed by atoms with Crippen molar-refractivity contribution >= 4 is 5.91 Å². The largest absolute Gasteiger partial charge is 0.419 e. The molecule has 3 rings (SSSR count). The van der Waals surface area contributed by atoms with Crippen molar-refractivity contribution in [1.29, 1.82) is 0 Å². The fraction of sp³-hybridized carbons (Fsp3) is 0.118. The van der Waals surface area contributed by atoms with Crippen LogP contribution in [0, 0.1) is 5.82 Å². The highest BCUT2D eigenvalue weighted by Gasteiger charge is 2.11. The molecule has 7 heteroatoms. The Hall–Kier alpha value is -3.22. The molecule has 0 fully saturated rings. The van der Waals surface area contributed by atoms with Gasteiger partial charge in [-0.1, -0.05) is 6.07 Å². The molecule has 1 aromatic carbocycles. The van der Waals surface area contributed by atoms with Gasteiger partial charge in [-0.2, -0.15) is 0 Å². The average Bonchev–Trinajstić information content (AvgIpc) is 2.95. The van der Waals surface area contributed by atoms with E-state index in [9.17, 15) is 14.0 Å². The van der Waals surface area contributed by atoms with Crippen molar-refractivity contribution in [1.82, 2.24) is 14.9 Å². The maximum atomic E-state index is 12.9. The lowest BCUT2D eigenvalue weighted by Crippen LogP contribution is -2.30. The lowest BCUT2D eigenvalue weighted by Gasteiger charge is -2.04. The highest BCUT2D eigenvalue weighted by molar-refractivity contribution is 5.75. The van der Waals surface area contributed by atoms with E-state index in [-0.39, 0.29) is 24.0 Å². The first-order chi connectivity index (χ1) is 11.6. The van der Waals surface area contributed by atoms with Crippen LogP contribution in [0.5, 0.6) is 0 Å². The molecule has 3 aromatic rings. The standard InChI is InChI=1S/C17H14FN3O3/c18-14-5-3-13(4-6-14)15-10-21(17(23)24-15)11-16(22)20-9-12-2-1-7-19-8-12/h1-8,10H,9,11H2,(H,20,22). The van der Waals surface area contributed by atoms with Crippen molar-refractivity contribution in [2.24, 2.45) is 0 Å². The molecule has 0 aliphatic rings. The number of nitrogens with one attached hydrogen (secondary N) is 1. The number of halogens is 1. The summed E-state index contributed by atoms with van der Waals surface area (Å²) in [5, 5.41) is 2.70. The first-order valence-electron chi connectivity index (χ1n) is 7.23. The van der Waals surface area contributed by atoms with Crippen LogP contribution >= 0.6 is 0 Å². The van der Waals surface area contributed by atoms with Gasteiger partial charge in [0, 0.05) is 24.5 Å². The summed E-state index contributed by atoms with van der Waals surface area (Å²) < 4.78 is 19.2. The van der Waals surface area contributed by atoms with E-state index in [1.807, 2.05) is 6.07 Å². The summed E-state index contributed by atoms with van der Waals surface area (Å²) in [7, 11) is 0. The molecule has 1 amide bonds. The first-order valence-corrected chi connectivity index (χ1v) is 7.23. The Morgan fingerprint density at radius 3 is 2.75 bits per heavy atom. The molecular weight excluding hydrogens is 313 g/mol. The highest BCUT2D eigenvalue weighted by Crippen LogP contribution is 2.18. The maximum Gasteiger partial charge on any atom is 0.419 e. The fourth-order valence-corrected chi connectivity index (χ4v) is 2.15. The number of amides is 1. The molecule has 0 bridgehead atoms. The number of oxazole rings is 1. The van der Waals surface area contributed by atoms with Crippen molar-refractivity contribution in [3.8, 4) is 11.3 Å². The third-order valence-corrected chi connectivity index (χ3v) is 3.36. The molecule has 0 saturated carbocycles. The average molecular weight is 327 g/mol. The van der Waals surface area contributed by atoms with Gasteiger partial charge in [-0.3, -0.25) is 14.3 Å². The summed E-state index contributed by atoms with van der Waals surface area (Å²) in [6.07, 6.45) is 4.73. The predicted octanol–water partition coefficient (Wildman–Crippen LogP) is 1.96. The number of benzene rings is 1. The van der Waals surface area contributed by atoms with Gasteiger partial charge in [0.25, 0.3) is 0 Å². The number of carbonyl (C=O) groups is 1. The van der Waals surface area contributed by atoms with Gasteiger partial charge in [-0.25, -0.2) is 9.18 Å². The maximum absolute atomic E-state index is 12.9. The Balaban J connectivity index is 1.66. The molecule has 0 atom stereocenters. The van der Waals surface area contributed by atoms with E-state index in [1.54, 1.807) is 18.5 Å². The molecule has 0 aliphatic heterocycles. The predicted molar refractivity (Wildman–Crippen MR) is 84.4 cm³/mol. The first kappa shape index (κ1) is 15.7. The van der Waals surface area contributed by atoms with Crippen LogP contribution < -0.4 is 11.1 Å². The molecule has 2 aromatic heterocycles. The monoisotopic (exact) mass is 327 g/mol. The minimum atomic E-state index is -0.647. The Morgan fingerprint density at radius 2 is 2.04 bits per heavy atom. The van der Waals surface area contributed by atoms with Gasteiger partial charge in [0.05, 0.1) is 6.20 Å². The van der Waals surface area contributed by atoms with E-state index >= 15 is 0 Å². The number of carbonyl (C=O) groups excluding carboxylic acids is 1. The number of hydrogen-bond acceptors (Lipinski definition) is 4. The number of hydrogen-bond donors (Lipinski definition) is 1. The summed E-state index contributed by atoms with van der Waals surface area (Å²) in [6.45, 7) is 0.161. The molecule has 0 radical (unpaired) electrons. The SMILES string of the molecule is O=C(Cn1cc(-c2ccc(F)cc2)oc1=O)NCc1cccnc1. The van der Waals surface area contributed by atoms with Crippen LogP contribution in [0.4, 0.5) is 4.39 Å². The number of aromatic nitrogens is 2. The Kier molecular flexibility index (Phi) is 4.51. The third kappa shape index (κ3) is 3.75. The van der Waals surface area contributed by atoms with Crippen LogP contribution in [0.2, 0.25) is 0 Å². The molecule has 24 heavy (non-hydrogen) atoms. The number of pyridine rings is 1. The molecule has 0 aliphatic carbocycles. The van der Waals surface area contributed by atoms with Gasteiger partial charge in [0.1, 0.15) is 12.4 Å². The zero-order valence-corrected chi connectivity index (χ0v) is 12.6. The van der Waals surface area contributed by atoms with Gasteiger partial charge in [0.2, 0.25) is 5.91 Å². The summed E-state index contributed by atoms with van der Waals surface area (Å²) in [6, 6.07) is 9.16. The second-order valence-electron chi connectivity index (χ2n) is 5.13. The van der Waals surface area contributed by atoms with Crippen LogP contribution in [0.25, 0.3) is 11.3 Å². The molecule has 6 nitrogen and oxygen atoms in total. The van der Waals surface area contributed by atoms with Crippen molar-refractivity contribution in [3.05, 3.63) is 76.9 Å². The molecule has 1 N–H and O–H groups in total. The van der Waals surface area contributed by atoms with Gasteiger partial charge < -0.3 is 9.73 Å².